The number of aryl methyl sites for hydroxylation is 1. The lowest BCUT2D eigenvalue weighted by molar-refractivity contribution is -0.117. The molecule has 0 saturated carbocycles. The molecule has 1 saturated heterocycles. The van der Waals surface area contributed by atoms with Crippen molar-refractivity contribution in [2.75, 3.05) is 42.9 Å². The quantitative estimate of drug-likeness (QED) is 0.707. The summed E-state index contributed by atoms with van der Waals surface area (Å²) in [6.07, 6.45) is 1.76. The molecule has 4 rings (SSSR count). The van der Waals surface area contributed by atoms with Gasteiger partial charge in [0, 0.05) is 49.3 Å². The van der Waals surface area contributed by atoms with Gasteiger partial charge in [0.2, 0.25) is 5.91 Å². The maximum absolute atomic E-state index is 12.3. The lowest BCUT2D eigenvalue weighted by Gasteiger charge is -2.35. The topological polar surface area (TPSA) is 74.2 Å². The Labute approximate surface area is 176 Å². The van der Waals surface area contributed by atoms with E-state index in [2.05, 4.69) is 32.0 Å². The maximum atomic E-state index is 12.3. The summed E-state index contributed by atoms with van der Waals surface area (Å²) in [5.41, 5.74) is 3.66. The molecule has 0 radical (unpaired) electrons. The molecule has 1 amide bonds. The van der Waals surface area contributed by atoms with Crippen molar-refractivity contribution in [2.24, 2.45) is 0 Å². The fraction of sp³-hybridized carbons (Fsp3) is 0.304. The van der Waals surface area contributed by atoms with Gasteiger partial charge in [-0.2, -0.15) is 0 Å². The molecule has 7 heteroatoms. The van der Waals surface area contributed by atoms with Crippen molar-refractivity contribution in [1.82, 2.24) is 19.9 Å². The third kappa shape index (κ3) is 4.63. The normalized spacial score (nSPS) is 14.5. The van der Waals surface area contributed by atoms with Crippen LogP contribution in [0.1, 0.15) is 11.3 Å². The number of nitrogens with zero attached hydrogens (tertiary/aromatic N) is 5. The van der Waals surface area contributed by atoms with Crippen LogP contribution in [0.4, 0.5) is 11.5 Å². The van der Waals surface area contributed by atoms with E-state index in [-0.39, 0.29) is 5.91 Å². The van der Waals surface area contributed by atoms with Gasteiger partial charge in [0.1, 0.15) is 11.5 Å². The van der Waals surface area contributed by atoms with Crippen molar-refractivity contribution in [3.63, 3.8) is 0 Å². The number of aromatic nitrogens is 3. The standard InChI is InChI=1S/C23H26N6O/c1-17-18(2)25-22(20-10-6-7-11-24-20)27-23(17)29-14-12-28(13-15-29)16-21(30)26-19-8-4-3-5-9-19/h3-11H,12-16H2,1-2H3,(H,26,30). The average Bonchev–Trinajstić information content (AvgIpc) is 2.77. The second-order valence-electron chi connectivity index (χ2n) is 7.47. The van der Waals surface area contributed by atoms with Gasteiger partial charge >= 0.3 is 0 Å². The monoisotopic (exact) mass is 402 g/mol. The highest BCUT2D eigenvalue weighted by Gasteiger charge is 2.23. The molecule has 2 aromatic heterocycles. The van der Waals surface area contributed by atoms with Gasteiger partial charge in [0.05, 0.1) is 6.54 Å². The van der Waals surface area contributed by atoms with Gasteiger partial charge in [-0.3, -0.25) is 14.7 Å². The fourth-order valence-electron chi connectivity index (χ4n) is 3.57. The Hall–Kier alpha value is -3.32. The smallest absolute Gasteiger partial charge is 0.238 e. The first-order valence-electron chi connectivity index (χ1n) is 10.2. The van der Waals surface area contributed by atoms with Gasteiger partial charge in [-0.05, 0) is 38.1 Å². The van der Waals surface area contributed by atoms with Crippen molar-refractivity contribution in [1.29, 1.82) is 0 Å². The molecule has 154 valence electrons. The SMILES string of the molecule is Cc1nc(-c2ccccn2)nc(N2CCN(CC(=O)Nc3ccccc3)CC2)c1C. The predicted octanol–water partition coefficient (Wildman–Crippen LogP) is 2.92. The van der Waals surface area contributed by atoms with Gasteiger partial charge in [0.15, 0.2) is 5.82 Å². The third-order valence-corrected chi connectivity index (χ3v) is 5.35. The zero-order valence-corrected chi connectivity index (χ0v) is 17.4. The summed E-state index contributed by atoms with van der Waals surface area (Å²) < 4.78 is 0. The number of carbonyl (C=O) groups excluding carboxylic acids is 1. The van der Waals surface area contributed by atoms with E-state index < -0.39 is 0 Å². The van der Waals surface area contributed by atoms with E-state index in [1.807, 2.05) is 55.5 Å². The van der Waals surface area contributed by atoms with Crippen molar-refractivity contribution < 1.29 is 4.79 Å². The second-order valence-corrected chi connectivity index (χ2v) is 7.47. The van der Waals surface area contributed by atoms with Crippen molar-refractivity contribution in [3.05, 3.63) is 66.0 Å². The second kappa shape index (κ2) is 9.00. The fourth-order valence-corrected chi connectivity index (χ4v) is 3.57. The van der Waals surface area contributed by atoms with Crippen LogP contribution in [0.25, 0.3) is 11.5 Å². The molecule has 0 atom stereocenters. The van der Waals surface area contributed by atoms with E-state index in [0.29, 0.717) is 12.4 Å². The molecule has 1 aliphatic heterocycles. The van der Waals surface area contributed by atoms with Crippen LogP contribution < -0.4 is 10.2 Å². The lowest BCUT2D eigenvalue weighted by atomic mass is 10.2. The molecule has 0 bridgehead atoms. The van der Waals surface area contributed by atoms with E-state index >= 15 is 0 Å². The van der Waals surface area contributed by atoms with Gasteiger partial charge < -0.3 is 10.2 Å². The first kappa shape index (κ1) is 20.0. The van der Waals surface area contributed by atoms with E-state index in [1.54, 1.807) is 6.20 Å². The molecule has 1 aromatic carbocycles. The van der Waals surface area contributed by atoms with Crippen LogP contribution >= 0.6 is 0 Å². The Bertz CT molecular complexity index is 1000. The molecule has 1 N–H and O–H groups in total. The molecular formula is C23H26N6O. The molecule has 3 aromatic rings. The number of amides is 1. The number of hydrogen-bond acceptors (Lipinski definition) is 6. The Morgan fingerprint density at radius 1 is 0.967 bits per heavy atom. The minimum atomic E-state index is 0.0150. The van der Waals surface area contributed by atoms with Gasteiger partial charge in [-0.25, -0.2) is 9.97 Å². The van der Waals surface area contributed by atoms with Crippen LogP contribution in [0.15, 0.2) is 54.7 Å². The van der Waals surface area contributed by atoms with E-state index in [9.17, 15) is 4.79 Å². The minimum absolute atomic E-state index is 0.0150. The Balaban J connectivity index is 1.40. The number of carbonyl (C=O) groups is 1. The lowest BCUT2D eigenvalue weighted by Crippen LogP contribution is -2.49. The molecule has 3 heterocycles. The number of hydrogen-bond donors (Lipinski definition) is 1. The van der Waals surface area contributed by atoms with Crippen LogP contribution in [-0.4, -0.2) is 58.5 Å². The van der Waals surface area contributed by atoms with Gasteiger partial charge in [-0.1, -0.05) is 24.3 Å². The van der Waals surface area contributed by atoms with Crippen LogP contribution in [0, 0.1) is 13.8 Å². The van der Waals surface area contributed by atoms with Crippen LogP contribution in [0.3, 0.4) is 0 Å². The van der Waals surface area contributed by atoms with Gasteiger partial charge in [0.25, 0.3) is 0 Å². The number of piperazine rings is 1. The number of benzene rings is 1. The van der Waals surface area contributed by atoms with Crippen molar-refractivity contribution >= 4 is 17.4 Å². The zero-order chi connectivity index (χ0) is 20.9. The number of anilines is 2. The van der Waals surface area contributed by atoms with Crippen LogP contribution in [0.2, 0.25) is 0 Å². The van der Waals surface area contributed by atoms with E-state index in [1.165, 1.54) is 0 Å². The Morgan fingerprint density at radius 2 is 1.70 bits per heavy atom. The largest absolute Gasteiger partial charge is 0.354 e. The first-order chi connectivity index (χ1) is 14.6. The molecular weight excluding hydrogens is 376 g/mol. The maximum Gasteiger partial charge on any atom is 0.238 e. The molecule has 1 aliphatic rings. The summed E-state index contributed by atoms with van der Waals surface area (Å²) in [7, 11) is 0. The minimum Gasteiger partial charge on any atom is -0.354 e. The van der Waals surface area contributed by atoms with E-state index in [4.69, 9.17) is 4.98 Å². The summed E-state index contributed by atoms with van der Waals surface area (Å²) in [5, 5.41) is 2.95. The molecule has 0 spiro atoms. The highest BCUT2D eigenvalue weighted by Crippen LogP contribution is 2.24. The average molecular weight is 403 g/mol. The van der Waals surface area contributed by atoms with E-state index in [0.717, 1.165) is 54.6 Å². The highest BCUT2D eigenvalue weighted by atomic mass is 16.2. The van der Waals surface area contributed by atoms with Crippen molar-refractivity contribution in [3.8, 4) is 11.5 Å². The summed E-state index contributed by atoms with van der Waals surface area (Å²) in [4.78, 5) is 30.6. The molecule has 30 heavy (non-hydrogen) atoms. The molecule has 0 aliphatic carbocycles. The van der Waals surface area contributed by atoms with Gasteiger partial charge in [-0.15, -0.1) is 0 Å². The molecule has 1 fully saturated rings. The van der Waals surface area contributed by atoms with Crippen LogP contribution in [-0.2, 0) is 4.79 Å². The van der Waals surface area contributed by atoms with Crippen LogP contribution in [0.5, 0.6) is 0 Å². The predicted molar refractivity (Wildman–Crippen MR) is 118 cm³/mol. The zero-order valence-electron chi connectivity index (χ0n) is 17.4. The number of para-hydroxylation sites is 1. The first-order valence-corrected chi connectivity index (χ1v) is 10.2. The summed E-state index contributed by atoms with van der Waals surface area (Å²) >= 11 is 0. The number of nitrogens with one attached hydrogen (secondary N) is 1. The summed E-state index contributed by atoms with van der Waals surface area (Å²) in [5.74, 6) is 1.62. The number of rotatable bonds is 5. The molecule has 0 unspecified atom stereocenters. The van der Waals surface area contributed by atoms with Crippen molar-refractivity contribution in [2.45, 2.75) is 13.8 Å². The highest BCUT2D eigenvalue weighted by molar-refractivity contribution is 5.92. The summed E-state index contributed by atoms with van der Waals surface area (Å²) in [6.45, 7) is 7.72. The third-order valence-electron chi connectivity index (χ3n) is 5.35. The molecule has 7 nitrogen and oxygen atoms in total. The summed E-state index contributed by atoms with van der Waals surface area (Å²) in [6, 6.07) is 15.3. The Morgan fingerprint density at radius 3 is 2.40 bits per heavy atom. The number of pyridine rings is 1. The Kier molecular flexibility index (Phi) is 5.99.